The Morgan fingerprint density at radius 3 is 3.00 bits per heavy atom. The summed E-state index contributed by atoms with van der Waals surface area (Å²) >= 11 is 7.49. The van der Waals surface area contributed by atoms with Gasteiger partial charge in [-0.15, -0.1) is 11.3 Å². The van der Waals surface area contributed by atoms with Crippen LogP contribution in [0.25, 0.3) is 0 Å². The Hall–Kier alpha value is -1.10. The number of thiazole rings is 1. The van der Waals surface area contributed by atoms with Gasteiger partial charge in [-0.2, -0.15) is 0 Å². The van der Waals surface area contributed by atoms with Gasteiger partial charge >= 0.3 is 0 Å². The summed E-state index contributed by atoms with van der Waals surface area (Å²) in [5, 5.41) is 16.1. The average molecular weight is 269 g/mol. The van der Waals surface area contributed by atoms with Gasteiger partial charge < -0.3 is 10.4 Å². The molecule has 0 radical (unpaired) electrons. The van der Waals surface area contributed by atoms with Gasteiger partial charge in [0.25, 0.3) is 0 Å². The third kappa shape index (κ3) is 3.70. The van der Waals surface area contributed by atoms with Crippen LogP contribution in [0.2, 0.25) is 5.02 Å². The summed E-state index contributed by atoms with van der Waals surface area (Å²) < 4.78 is 0. The van der Waals surface area contributed by atoms with E-state index in [1.807, 2.05) is 17.6 Å². The van der Waals surface area contributed by atoms with Crippen molar-refractivity contribution in [2.75, 3.05) is 6.54 Å². The molecule has 1 heterocycles. The molecule has 0 spiro atoms. The molecule has 0 aliphatic rings. The number of nitrogens with one attached hydrogen (secondary N) is 1. The highest BCUT2D eigenvalue weighted by Gasteiger charge is 2.00. The first-order valence-electron chi connectivity index (χ1n) is 5.32. The van der Waals surface area contributed by atoms with E-state index in [1.165, 1.54) is 0 Å². The number of aromatic hydroxyl groups is 1. The van der Waals surface area contributed by atoms with Gasteiger partial charge in [0.2, 0.25) is 0 Å². The molecule has 0 fully saturated rings. The summed E-state index contributed by atoms with van der Waals surface area (Å²) in [5.74, 6) is 0.123. The fourth-order valence-corrected chi connectivity index (χ4v) is 2.29. The molecule has 0 unspecified atom stereocenters. The highest BCUT2D eigenvalue weighted by molar-refractivity contribution is 7.09. The SMILES string of the molecule is Oc1ccc(CNCCc2nccs2)cc1Cl. The smallest absolute Gasteiger partial charge is 0.134 e. The molecule has 0 aliphatic heterocycles. The minimum atomic E-state index is 0.123. The van der Waals surface area contributed by atoms with E-state index in [2.05, 4.69) is 10.3 Å². The number of phenols is 1. The highest BCUT2D eigenvalue weighted by atomic mass is 35.5. The number of hydrogen-bond donors (Lipinski definition) is 2. The van der Waals surface area contributed by atoms with Gasteiger partial charge in [-0.25, -0.2) is 4.98 Å². The number of nitrogens with zero attached hydrogens (tertiary/aromatic N) is 1. The Bertz CT molecular complexity index is 473. The first kappa shape index (κ1) is 12.4. The maximum absolute atomic E-state index is 9.28. The van der Waals surface area contributed by atoms with Crippen molar-refractivity contribution < 1.29 is 5.11 Å². The monoisotopic (exact) mass is 268 g/mol. The van der Waals surface area contributed by atoms with Gasteiger partial charge in [0.15, 0.2) is 0 Å². The number of rotatable bonds is 5. The van der Waals surface area contributed by atoms with Crippen LogP contribution < -0.4 is 5.32 Å². The van der Waals surface area contributed by atoms with Crippen molar-refractivity contribution in [3.05, 3.63) is 45.4 Å². The molecule has 0 bridgehead atoms. The maximum atomic E-state index is 9.28. The van der Waals surface area contributed by atoms with Crippen LogP contribution in [-0.4, -0.2) is 16.6 Å². The lowest BCUT2D eigenvalue weighted by atomic mass is 10.2. The van der Waals surface area contributed by atoms with E-state index < -0.39 is 0 Å². The van der Waals surface area contributed by atoms with Crippen molar-refractivity contribution in [1.29, 1.82) is 0 Å². The summed E-state index contributed by atoms with van der Waals surface area (Å²) in [7, 11) is 0. The molecule has 0 saturated heterocycles. The van der Waals surface area contributed by atoms with Crippen LogP contribution in [0.3, 0.4) is 0 Å². The number of benzene rings is 1. The Labute approximate surface area is 109 Å². The average Bonchev–Trinajstić information content (AvgIpc) is 2.82. The van der Waals surface area contributed by atoms with E-state index >= 15 is 0 Å². The molecular formula is C12H13ClN2OS. The lowest BCUT2D eigenvalue weighted by Crippen LogP contribution is -2.16. The van der Waals surface area contributed by atoms with Crippen molar-refractivity contribution in [1.82, 2.24) is 10.3 Å². The molecular weight excluding hydrogens is 256 g/mol. The van der Waals surface area contributed by atoms with Gasteiger partial charge in [0.1, 0.15) is 5.75 Å². The Kier molecular flexibility index (Phi) is 4.36. The molecule has 2 aromatic rings. The second-order valence-corrected chi connectivity index (χ2v) is 5.02. The molecule has 1 aromatic carbocycles. The Balaban J connectivity index is 1.76. The standard InChI is InChI=1S/C12H13ClN2OS/c13-10-7-9(1-2-11(10)16)8-14-4-3-12-15-5-6-17-12/h1-2,5-7,14,16H,3-4,8H2. The second-order valence-electron chi connectivity index (χ2n) is 3.64. The highest BCUT2D eigenvalue weighted by Crippen LogP contribution is 2.23. The van der Waals surface area contributed by atoms with Gasteiger partial charge in [0, 0.05) is 31.1 Å². The van der Waals surface area contributed by atoms with Crippen LogP contribution >= 0.6 is 22.9 Å². The fourth-order valence-electron chi connectivity index (χ4n) is 1.46. The lowest BCUT2D eigenvalue weighted by Gasteiger charge is -2.05. The summed E-state index contributed by atoms with van der Waals surface area (Å²) in [6, 6.07) is 5.24. The zero-order valence-electron chi connectivity index (χ0n) is 9.19. The van der Waals surface area contributed by atoms with Gasteiger partial charge in [-0.3, -0.25) is 0 Å². The quantitative estimate of drug-likeness (QED) is 0.820. The van der Waals surface area contributed by atoms with Crippen LogP contribution in [0.1, 0.15) is 10.6 Å². The molecule has 2 N–H and O–H groups in total. The minimum Gasteiger partial charge on any atom is -0.506 e. The molecule has 1 aromatic heterocycles. The van der Waals surface area contributed by atoms with Crippen molar-refractivity contribution >= 4 is 22.9 Å². The third-order valence-corrected chi connectivity index (χ3v) is 3.48. The number of aromatic nitrogens is 1. The van der Waals surface area contributed by atoms with E-state index in [1.54, 1.807) is 23.5 Å². The van der Waals surface area contributed by atoms with E-state index in [0.29, 0.717) is 5.02 Å². The molecule has 0 amide bonds. The first-order chi connectivity index (χ1) is 8.25. The first-order valence-corrected chi connectivity index (χ1v) is 6.58. The largest absolute Gasteiger partial charge is 0.506 e. The molecule has 3 nitrogen and oxygen atoms in total. The van der Waals surface area contributed by atoms with Crippen molar-refractivity contribution in [3.63, 3.8) is 0 Å². The molecule has 90 valence electrons. The predicted molar refractivity (Wildman–Crippen MR) is 70.6 cm³/mol. The number of hydrogen-bond acceptors (Lipinski definition) is 4. The molecule has 5 heteroatoms. The second kappa shape index (κ2) is 6.00. The third-order valence-electron chi connectivity index (χ3n) is 2.34. The summed E-state index contributed by atoms with van der Waals surface area (Å²) in [4.78, 5) is 4.21. The summed E-state index contributed by atoms with van der Waals surface area (Å²) in [6.45, 7) is 1.62. The summed E-state index contributed by atoms with van der Waals surface area (Å²) in [5.41, 5.74) is 1.06. The predicted octanol–water partition coefficient (Wildman–Crippen LogP) is 2.83. The lowest BCUT2D eigenvalue weighted by molar-refractivity contribution is 0.475. The van der Waals surface area contributed by atoms with E-state index in [0.717, 1.165) is 30.1 Å². The molecule has 0 atom stereocenters. The minimum absolute atomic E-state index is 0.123. The van der Waals surface area contributed by atoms with Crippen LogP contribution in [0.4, 0.5) is 0 Å². The van der Waals surface area contributed by atoms with Crippen LogP contribution in [-0.2, 0) is 13.0 Å². The Morgan fingerprint density at radius 2 is 2.29 bits per heavy atom. The van der Waals surface area contributed by atoms with Gasteiger partial charge in [0.05, 0.1) is 10.0 Å². The van der Waals surface area contributed by atoms with Gasteiger partial charge in [-0.1, -0.05) is 17.7 Å². The maximum Gasteiger partial charge on any atom is 0.134 e. The molecule has 0 saturated carbocycles. The number of halogens is 1. The van der Waals surface area contributed by atoms with E-state index in [4.69, 9.17) is 11.6 Å². The van der Waals surface area contributed by atoms with E-state index in [-0.39, 0.29) is 5.75 Å². The van der Waals surface area contributed by atoms with Crippen LogP contribution in [0.5, 0.6) is 5.75 Å². The number of phenolic OH excluding ortho intramolecular Hbond substituents is 1. The molecule has 17 heavy (non-hydrogen) atoms. The van der Waals surface area contributed by atoms with Crippen LogP contribution in [0, 0.1) is 0 Å². The normalized spacial score (nSPS) is 10.6. The fraction of sp³-hybridized carbons (Fsp3) is 0.250. The Morgan fingerprint density at radius 1 is 1.41 bits per heavy atom. The zero-order chi connectivity index (χ0) is 12.1. The van der Waals surface area contributed by atoms with Crippen molar-refractivity contribution in [2.45, 2.75) is 13.0 Å². The molecule has 0 aliphatic carbocycles. The summed E-state index contributed by atoms with van der Waals surface area (Å²) in [6.07, 6.45) is 2.75. The van der Waals surface area contributed by atoms with Crippen molar-refractivity contribution in [2.24, 2.45) is 0 Å². The van der Waals surface area contributed by atoms with Crippen molar-refractivity contribution in [3.8, 4) is 5.75 Å². The molecule has 2 rings (SSSR count). The van der Waals surface area contributed by atoms with Gasteiger partial charge in [-0.05, 0) is 17.7 Å². The van der Waals surface area contributed by atoms with Crippen LogP contribution in [0.15, 0.2) is 29.8 Å². The van der Waals surface area contributed by atoms with E-state index in [9.17, 15) is 5.11 Å². The topological polar surface area (TPSA) is 45.1 Å². The zero-order valence-corrected chi connectivity index (χ0v) is 10.8.